The molecule has 0 aliphatic rings. The summed E-state index contributed by atoms with van der Waals surface area (Å²) in [5.41, 5.74) is 1.60. The van der Waals surface area contributed by atoms with Gasteiger partial charge in [-0.15, -0.1) is 0 Å². The number of hydrogen-bond donors (Lipinski definition) is 1. The Kier molecular flexibility index (Phi) is 10.1. The Morgan fingerprint density at radius 2 is 1.53 bits per heavy atom. The smallest absolute Gasteiger partial charge is 0.306 e. The zero-order chi connectivity index (χ0) is 24.4. The molecule has 172 valence electrons. The Morgan fingerprint density at radius 3 is 1.88 bits per heavy atom. The summed E-state index contributed by atoms with van der Waals surface area (Å²) < 4.78 is 1.72. The Morgan fingerprint density at radius 1 is 1.03 bits per heavy atom. The Labute approximate surface area is 191 Å². The molecule has 0 saturated heterocycles. The molecule has 32 heavy (non-hydrogen) atoms. The number of nitriles is 2. The maximum Gasteiger partial charge on any atom is 0.306 e. The van der Waals surface area contributed by atoms with E-state index in [9.17, 15) is 15.3 Å². The lowest BCUT2D eigenvalue weighted by molar-refractivity contribution is -0.142. The van der Waals surface area contributed by atoms with Crippen molar-refractivity contribution in [3.63, 3.8) is 0 Å². The molecule has 7 heteroatoms. The number of aliphatic carboxylic acids is 1. The molecule has 1 aromatic heterocycles. The third-order valence-corrected chi connectivity index (χ3v) is 5.43. The topological polar surface area (TPSA) is 116 Å². The number of carboxylic acid groups (broad SMARTS) is 1. The van der Waals surface area contributed by atoms with Crippen molar-refractivity contribution in [1.29, 1.82) is 10.5 Å². The van der Waals surface area contributed by atoms with Gasteiger partial charge in [-0.25, -0.2) is 9.67 Å². The van der Waals surface area contributed by atoms with Gasteiger partial charge < -0.3 is 5.11 Å². The molecule has 0 amide bonds. The normalized spacial score (nSPS) is 11.3. The second kappa shape index (κ2) is 12.0. The number of rotatable bonds is 9. The van der Waals surface area contributed by atoms with Gasteiger partial charge in [0, 0.05) is 0 Å². The summed E-state index contributed by atoms with van der Waals surface area (Å²) in [6, 6.07) is 10.6. The Bertz CT molecular complexity index is 899. The van der Waals surface area contributed by atoms with Crippen LogP contribution in [0.2, 0.25) is 0 Å². The highest BCUT2D eigenvalue weighted by Crippen LogP contribution is 2.30. The van der Waals surface area contributed by atoms with Crippen LogP contribution in [0, 0.1) is 28.6 Å². The Hall–Kier alpha value is -3.19. The molecule has 0 atom stereocenters. The number of nitrogens with zero attached hydrogens (tertiary/aromatic N) is 5. The monoisotopic (exact) mass is 437 g/mol. The highest BCUT2D eigenvalue weighted by molar-refractivity contribution is 5.69. The molecule has 0 spiro atoms. The molecule has 0 fully saturated rings. The lowest BCUT2D eigenvalue weighted by Gasteiger charge is -2.23. The van der Waals surface area contributed by atoms with Crippen molar-refractivity contribution in [2.75, 3.05) is 0 Å². The number of hydrogen-bond acceptors (Lipinski definition) is 5. The fourth-order valence-corrected chi connectivity index (χ4v) is 3.22. The first-order valence-corrected chi connectivity index (χ1v) is 11.0. The van der Waals surface area contributed by atoms with E-state index in [2.05, 4.69) is 22.2 Å². The van der Waals surface area contributed by atoms with Crippen molar-refractivity contribution in [2.45, 2.75) is 84.6 Å². The molecular formula is C25H35N5O2. The average Bonchev–Trinajstić information content (AvgIpc) is 3.26. The third kappa shape index (κ3) is 7.81. The fourth-order valence-electron chi connectivity index (χ4n) is 3.22. The van der Waals surface area contributed by atoms with Gasteiger partial charge >= 0.3 is 5.97 Å². The van der Waals surface area contributed by atoms with Crippen LogP contribution in [0.15, 0.2) is 30.9 Å². The van der Waals surface area contributed by atoms with Crippen molar-refractivity contribution >= 4 is 5.97 Å². The summed E-state index contributed by atoms with van der Waals surface area (Å²) in [4.78, 5) is 14.4. The van der Waals surface area contributed by atoms with E-state index >= 15 is 0 Å². The molecule has 7 nitrogen and oxygen atoms in total. The van der Waals surface area contributed by atoms with Gasteiger partial charge in [-0.05, 0) is 57.2 Å². The molecule has 2 aromatic rings. The largest absolute Gasteiger partial charge is 0.481 e. The van der Waals surface area contributed by atoms with Gasteiger partial charge in [0.1, 0.15) is 12.7 Å². The minimum absolute atomic E-state index is 0.102. The maximum absolute atomic E-state index is 10.5. The third-order valence-electron chi connectivity index (χ3n) is 5.43. The predicted molar refractivity (Wildman–Crippen MR) is 124 cm³/mol. The van der Waals surface area contributed by atoms with Crippen LogP contribution in [0.25, 0.3) is 0 Å². The van der Waals surface area contributed by atoms with Crippen LogP contribution in [0.3, 0.4) is 0 Å². The second-order valence-corrected chi connectivity index (χ2v) is 9.10. The van der Waals surface area contributed by atoms with Crippen LogP contribution in [-0.4, -0.2) is 25.8 Å². The molecule has 0 radical (unpaired) electrons. The molecule has 0 unspecified atom stereocenters. The van der Waals surface area contributed by atoms with Crippen molar-refractivity contribution in [3.8, 4) is 12.1 Å². The van der Waals surface area contributed by atoms with E-state index in [1.54, 1.807) is 11.0 Å². The van der Waals surface area contributed by atoms with Crippen molar-refractivity contribution in [1.82, 2.24) is 14.8 Å². The van der Waals surface area contributed by atoms with Gasteiger partial charge in [-0.2, -0.15) is 15.6 Å². The van der Waals surface area contributed by atoms with Crippen LogP contribution in [0.1, 0.15) is 83.9 Å². The van der Waals surface area contributed by atoms with Gasteiger partial charge in [-0.3, -0.25) is 4.79 Å². The average molecular weight is 438 g/mol. The summed E-state index contributed by atoms with van der Waals surface area (Å²) in [7, 11) is 0. The lowest BCUT2D eigenvalue weighted by Crippen LogP contribution is -2.20. The summed E-state index contributed by atoms with van der Waals surface area (Å²) in [5, 5.41) is 31.6. The molecule has 0 bridgehead atoms. The highest BCUT2D eigenvalue weighted by Gasteiger charge is 2.26. The molecule has 0 saturated carbocycles. The summed E-state index contributed by atoms with van der Waals surface area (Å²) in [6.45, 7) is 12.1. The van der Waals surface area contributed by atoms with Gasteiger partial charge in [0.25, 0.3) is 0 Å². The molecule has 2 rings (SSSR count). The van der Waals surface area contributed by atoms with Gasteiger partial charge in [0.05, 0.1) is 35.4 Å². The fraction of sp³-hybridized carbons (Fsp3) is 0.560. The molecule has 0 aliphatic carbocycles. The van der Waals surface area contributed by atoms with Crippen LogP contribution in [0.5, 0.6) is 0 Å². The van der Waals surface area contributed by atoms with Crippen LogP contribution in [0.4, 0.5) is 0 Å². The van der Waals surface area contributed by atoms with E-state index < -0.39 is 16.8 Å². The first-order valence-electron chi connectivity index (χ1n) is 11.0. The van der Waals surface area contributed by atoms with Crippen molar-refractivity contribution in [3.05, 3.63) is 47.5 Å². The highest BCUT2D eigenvalue weighted by atomic mass is 16.4. The van der Waals surface area contributed by atoms with Crippen LogP contribution < -0.4 is 0 Å². The number of carboxylic acids is 1. The maximum atomic E-state index is 10.5. The number of aromatic nitrogens is 3. The lowest BCUT2D eigenvalue weighted by atomic mass is 9.79. The predicted octanol–water partition coefficient (Wildman–Crippen LogP) is 5.22. The van der Waals surface area contributed by atoms with E-state index in [0.29, 0.717) is 6.54 Å². The molecule has 1 N–H and O–H groups in total. The van der Waals surface area contributed by atoms with E-state index in [0.717, 1.165) is 42.4 Å². The van der Waals surface area contributed by atoms with Gasteiger partial charge in [0.2, 0.25) is 0 Å². The van der Waals surface area contributed by atoms with E-state index in [4.69, 9.17) is 5.11 Å². The molecule has 0 aliphatic heterocycles. The van der Waals surface area contributed by atoms with Crippen molar-refractivity contribution < 1.29 is 9.90 Å². The second-order valence-electron chi connectivity index (χ2n) is 9.10. The summed E-state index contributed by atoms with van der Waals surface area (Å²) in [6.07, 6.45) is 6.72. The van der Waals surface area contributed by atoms with Gasteiger partial charge in [0.15, 0.2) is 0 Å². The van der Waals surface area contributed by atoms with E-state index in [1.165, 1.54) is 6.33 Å². The van der Waals surface area contributed by atoms with Crippen LogP contribution >= 0.6 is 0 Å². The summed E-state index contributed by atoms with van der Waals surface area (Å²) >= 11 is 0. The zero-order valence-corrected chi connectivity index (χ0v) is 20.1. The summed E-state index contributed by atoms with van der Waals surface area (Å²) in [5.74, 6) is -0.737. The first kappa shape index (κ1) is 26.8. The molecule has 1 aromatic carbocycles. The number of carbonyl (C=O) groups is 1. The van der Waals surface area contributed by atoms with Crippen LogP contribution in [-0.2, 0) is 22.2 Å². The molecule has 1 heterocycles. The Balaban J connectivity index is 0.000000433. The molecular weight excluding hydrogens is 402 g/mol. The van der Waals surface area contributed by atoms with E-state index in [-0.39, 0.29) is 5.92 Å². The minimum Gasteiger partial charge on any atom is -0.481 e. The van der Waals surface area contributed by atoms with Crippen molar-refractivity contribution in [2.24, 2.45) is 5.92 Å². The van der Waals surface area contributed by atoms with E-state index in [1.807, 2.05) is 59.7 Å². The first-order chi connectivity index (χ1) is 15.0. The SMILES string of the molecule is CC(C)(C#N)c1cc(Cn2cncn2)cc(C(C)(C)C#N)c1.CCCC(CCC)C(=O)O. The quantitative estimate of drug-likeness (QED) is 0.575. The zero-order valence-electron chi connectivity index (χ0n) is 20.1. The minimum atomic E-state index is -0.635. The van der Waals surface area contributed by atoms with Gasteiger partial charge in [-0.1, -0.05) is 44.9 Å². The standard InChI is InChI=1S/C17H19N5.C8H16O2/c1-16(2,9-18)14-5-13(8-22-12-20-11-21-22)6-15(7-14)17(3,4)10-19;1-3-5-7(6-4-2)8(9)10/h5-7,11-12H,8H2,1-4H3;7H,3-6H2,1-2H3,(H,9,10). The number of benzene rings is 1.